The highest BCUT2D eigenvalue weighted by Gasteiger charge is 2.30. The number of piperidine rings is 1. The summed E-state index contributed by atoms with van der Waals surface area (Å²) in [5.41, 5.74) is 0.0708. The largest absolute Gasteiger partial charge is 0.395 e. The molecular weight excluding hydrogens is 274 g/mol. The Morgan fingerprint density at radius 2 is 2.20 bits per heavy atom. The Morgan fingerprint density at radius 3 is 2.85 bits per heavy atom. The lowest BCUT2D eigenvalue weighted by Crippen LogP contribution is -2.45. The van der Waals surface area contributed by atoms with E-state index in [1.54, 1.807) is 4.90 Å². The van der Waals surface area contributed by atoms with E-state index in [2.05, 4.69) is 11.8 Å². The molecule has 0 spiro atoms. The normalized spacial score (nSPS) is 17.4. The van der Waals surface area contributed by atoms with Gasteiger partial charge in [0.15, 0.2) is 0 Å². The van der Waals surface area contributed by atoms with Gasteiger partial charge < -0.3 is 15.1 Å². The van der Waals surface area contributed by atoms with Crippen molar-refractivity contribution in [3.63, 3.8) is 0 Å². The molecular formula is C15H19NO3S. The first-order valence-corrected chi connectivity index (χ1v) is 7.60. The highest BCUT2D eigenvalue weighted by Crippen LogP contribution is 2.25. The van der Waals surface area contributed by atoms with Crippen LogP contribution in [0.2, 0.25) is 0 Å². The molecule has 1 aromatic heterocycles. The average molecular weight is 293 g/mol. The molecule has 108 valence electrons. The van der Waals surface area contributed by atoms with Gasteiger partial charge in [0.1, 0.15) is 4.88 Å². The molecule has 1 aliphatic rings. The Labute approximate surface area is 123 Å². The second-order valence-electron chi connectivity index (χ2n) is 5.23. The lowest BCUT2D eigenvalue weighted by Gasteiger charge is -2.35. The van der Waals surface area contributed by atoms with Gasteiger partial charge >= 0.3 is 0 Å². The number of thiophene rings is 1. The van der Waals surface area contributed by atoms with Crippen LogP contribution in [0.3, 0.4) is 0 Å². The molecule has 2 rings (SSSR count). The number of carbonyl (C=O) groups is 1. The number of hydrogen-bond donors (Lipinski definition) is 2. The van der Waals surface area contributed by atoms with Crippen LogP contribution in [-0.4, -0.2) is 46.3 Å². The van der Waals surface area contributed by atoms with Crippen LogP contribution in [0.4, 0.5) is 0 Å². The molecule has 1 aromatic rings. The first kappa shape index (κ1) is 15.0. The zero-order chi connectivity index (χ0) is 14.6. The van der Waals surface area contributed by atoms with Crippen molar-refractivity contribution >= 4 is 17.2 Å². The standard InChI is InChI=1S/C15H19NO3S/c1-15(19)6-8-16(9-7-15)14(18)13-12(5-11-20-13)4-2-3-10-17/h5,11,17,19H,3,6-10H2,1H3. The third kappa shape index (κ3) is 3.60. The van der Waals surface area contributed by atoms with E-state index in [4.69, 9.17) is 5.11 Å². The molecule has 0 saturated carbocycles. The van der Waals surface area contributed by atoms with Gasteiger partial charge in [-0.25, -0.2) is 0 Å². The minimum absolute atomic E-state index is 0.0104. The molecule has 0 aliphatic carbocycles. The van der Waals surface area contributed by atoms with Gasteiger partial charge in [0.2, 0.25) is 0 Å². The minimum Gasteiger partial charge on any atom is -0.395 e. The van der Waals surface area contributed by atoms with E-state index in [1.165, 1.54) is 11.3 Å². The van der Waals surface area contributed by atoms with Crippen LogP contribution in [0, 0.1) is 11.8 Å². The van der Waals surface area contributed by atoms with Gasteiger partial charge in [0.05, 0.1) is 12.2 Å². The monoisotopic (exact) mass is 293 g/mol. The maximum Gasteiger partial charge on any atom is 0.265 e. The van der Waals surface area contributed by atoms with Gasteiger partial charge in [-0.3, -0.25) is 4.79 Å². The average Bonchev–Trinajstić information content (AvgIpc) is 2.87. The summed E-state index contributed by atoms with van der Waals surface area (Å²) in [6, 6.07) is 1.84. The third-order valence-corrected chi connectivity index (χ3v) is 4.35. The minimum atomic E-state index is -0.657. The van der Waals surface area contributed by atoms with Gasteiger partial charge in [0.25, 0.3) is 5.91 Å². The Hall–Kier alpha value is -1.35. The van der Waals surface area contributed by atoms with Crippen LogP contribution in [0.1, 0.15) is 41.4 Å². The molecule has 20 heavy (non-hydrogen) atoms. The zero-order valence-electron chi connectivity index (χ0n) is 11.6. The van der Waals surface area contributed by atoms with Crippen LogP contribution < -0.4 is 0 Å². The van der Waals surface area contributed by atoms with Crippen LogP contribution in [0.5, 0.6) is 0 Å². The van der Waals surface area contributed by atoms with Crippen molar-refractivity contribution in [2.45, 2.75) is 31.8 Å². The Bertz CT molecular complexity index is 529. The van der Waals surface area contributed by atoms with Crippen molar-refractivity contribution in [2.75, 3.05) is 19.7 Å². The first-order valence-electron chi connectivity index (χ1n) is 6.72. The van der Waals surface area contributed by atoms with E-state index in [9.17, 15) is 9.90 Å². The van der Waals surface area contributed by atoms with Gasteiger partial charge in [-0.2, -0.15) is 0 Å². The van der Waals surface area contributed by atoms with Gasteiger partial charge in [-0.15, -0.1) is 11.3 Å². The second-order valence-corrected chi connectivity index (χ2v) is 6.14. The summed E-state index contributed by atoms with van der Waals surface area (Å²) < 4.78 is 0. The molecule has 0 bridgehead atoms. The fraction of sp³-hybridized carbons (Fsp3) is 0.533. The highest BCUT2D eigenvalue weighted by atomic mass is 32.1. The topological polar surface area (TPSA) is 60.8 Å². The van der Waals surface area contributed by atoms with Crippen molar-refractivity contribution in [3.8, 4) is 11.8 Å². The van der Waals surface area contributed by atoms with Crippen LogP contribution in [-0.2, 0) is 0 Å². The summed E-state index contributed by atoms with van der Waals surface area (Å²) in [4.78, 5) is 14.9. The molecule has 1 amide bonds. The number of nitrogens with zero attached hydrogens (tertiary/aromatic N) is 1. The predicted octanol–water partition coefficient (Wildman–Crippen LogP) is 1.47. The Morgan fingerprint density at radius 1 is 1.50 bits per heavy atom. The molecule has 0 radical (unpaired) electrons. The molecule has 4 nitrogen and oxygen atoms in total. The molecule has 0 unspecified atom stereocenters. The lowest BCUT2D eigenvalue weighted by atomic mass is 9.94. The molecule has 1 saturated heterocycles. The van der Waals surface area contributed by atoms with Gasteiger partial charge in [0, 0.05) is 25.1 Å². The lowest BCUT2D eigenvalue weighted by molar-refractivity contribution is -0.00188. The van der Waals surface area contributed by atoms with Gasteiger partial charge in [-0.05, 0) is 31.2 Å². The fourth-order valence-electron chi connectivity index (χ4n) is 2.12. The number of amides is 1. The van der Waals surface area contributed by atoms with Crippen molar-refractivity contribution < 1.29 is 15.0 Å². The maximum atomic E-state index is 12.5. The van der Waals surface area contributed by atoms with Crippen molar-refractivity contribution in [2.24, 2.45) is 0 Å². The van der Waals surface area contributed by atoms with E-state index in [-0.39, 0.29) is 12.5 Å². The number of aliphatic hydroxyl groups is 2. The Balaban J connectivity index is 2.07. The fourth-order valence-corrected chi connectivity index (χ4v) is 2.94. The summed E-state index contributed by atoms with van der Waals surface area (Å²) >= 11 is 1.39. The number of aliphatic hydroxyl groups excluding tert-OH is 1. The quantitative estimate of drug-likeness (QED) is 0.812. The van der Waals surface area contributed by atoms with Gasteiger partial charge in [-0.1, -0.05) is 11.8 Å². The van der Waals surface area contributed by atoms with E-state index < -0.39 is 5.60 Å². The molecule has 0 atom stereocenters. The highest BCUT2D eigenvalue weighted by molar-refractivity contribution is 7.12. The summed E-state index contributed by atoms with van der Waals surface area (Å²) in [6.07, 6.45) is 1.63. The summed E-state index contributed by atoms with van der Waals surface area (Å²) in [6.45, 7) is 2.99. The zero-order valence-corrected chi connectivity index (χ0v) is 12.4. The van der Waals surface area contributed by atoms with Crippen molar-refractivity contribution in [3.05, 3.63) is 21.9 Å². The van der Waals surface area contributed by atoms with E-state index >= 15 is 0 Å². The van der Waals surface area contributed by atoms with E-state index in [0.29, 0.717) is 37.2 Å². The predicted molar refractivity (Wildman–Crippen MR) is 78.7 cm³/mol. The van der Waals surface area contributed by atoms with Crippen LogP contribution >= 0.6 is 11.3 Å². The van der Waals surface area contributed by atoms with Crippen molar-refractivity contribution in [1.29, 1.82) is 0 Å². The molecule has 2 heterocycles. The van der Waals surface area contributed by atoms with Crippen molar-refractivity contribution in [1.82, 2.24) is 4.90 Å². The third-order valence-electron chi connectivity index (χ3n) is 3.45. The van der Waals surface area contributed by atoms with E-state index in [0.717, 1.165) is 5.56 Å². The molecule has 2 N–H and O–H groups in total. The Kier molecular flexibility index (Phi) is 4.81. The SMILES string of the molecule is CC1(O)CCN(C(=O)c2sccc2C#CCCO)CC1. The summed E-state index contributed by atoms with van der Waals surface area (Å²) in [5, 5.41) is 20.5. The molecule has 1 aliphatic heterocycles. The number of likely N-dealkylation sites (tertiary alicyclic amines) is 1. The smallest absolute Gasteiger partial charge is 0.265 e. The maximum absolute atomic E-state index is 12.5. The van der Waals surface area contributed by atoms with E-state index in [1.807, 2.05) is 18.4 Å². The van der Waals surface area contributed by atoms with Crippen LogP contribution in [0.25, 0.3) is 0 Å². The van der Waals surface area contributed by atoms with Crippen LogP contribution in [0.15, 0.2) is 11.4 Å². The number of rotatable bonds is 2. The second kappa shape index (κ2) is 6.40. The summed E-state index contributed by atoms with van der Waals surface area (Å²) in [5.74, 6) is 5.77. The number of hydrogen-bond acceptors (Lipinski definition) is 4. The molecule has 1 fully saturated rings. The summed E-state index contributed by atoms with van der Waals surface area (Å²) in [7, 11) is 0. The molecule has 0 aromatic carbocycles. The molecule has 5 heteroatoms. The first-order chi connectivity index (χ1) is 9.53. The number of carbonyl (C=O) groups excluding carboxylic acids is 1.